The van der Waals surface area contributed by atoms with E-state index in [1.807, 2.05) is 12.1 Å². The minimum absolute atomic E-state index is 0.0718. The molecule has 150 valence electrons. The van der Waals surface area contributed by atoms with Gasteiger partial charge in [-0.1, -0.05) is 23.7 Å². The van der Waals surface area contributed by atoms with Crippen molar-refractivity contribution in [2.24, 2.45) is 5.92 Å². The third-order valence-electron chi connectivity index (χ3n) is 5.00. The smallest absolute Gasteiger partial charge is 0.315 e. The van der Waals surface area contributed by atoms with E-state index in [4.69, 9.17) is 11.6 Å². The van der Waals surface area contributed by atoms with Crippen LogP contribution in [0.2, 0.25) is 5.02 Å². The number of urea groups is 1. The lowest BCUT2D eigenvalue weighted by atomic mass is 9.87. The molecule has 1 saturated carbocycles. The molecule has 0 radical (unpaired) electrons. The van der Waals surface area contributed by atoms with Gasteiger partial charge in [-0.15, -0.1) is 0 Å². The summed E-state index contributed by atoms with van der Waals surface area (Å²) in [5, 5.41) is 6.48. The second-order valence-corrected chi connectivity index (χ2v) is 9.61. The Hall–Kier alpha value is -2.12. The van der Waals surface area contributed by atoms with E-state index >= 15 is 0 Å². The molecule has 0 aliphatic heterocycles. The summed E-state index contributed by atoms with van der Waals surface area (Å²) in [6.45, 7) is 0.432. The molecule has 3 rings (SSSR count). The molecule has 2 amide bonds. The van der Waals surface area contributed by atoms with Gasteiger partial charge in [0, 0.05) is 30.0 Å². The number of benzene rings is 1. The van der Waals surface area contributed by atoms with Gasteiger partial charge in [0.15, 0.2) is 9.84 Å². The lowest BCUT2D eigenvalue weighted by molar-refractivity contribution is 0.228. The van der Waals surface area contributed by atoms with Crippen LogP contribution in [0.25, 0.3) is 0 Å². The Morgan fingerprint density at radius 3 is 2.46 bits per heavy atom. The van der Waals surface area contributed by atoms with Crippen LogP contribution < -0.4 is 10.6 Å². The molecule has 1 fully saturated rings. The molecular formula is C20H24ClN3O3S. The van der Waals surface area contributed by atoms with E-state index in [-0.39, 0.29) is 28.6 Å². The van der Waals surface area contributed by atoms with Gasteiger partial charge in [-0.05, 0) is 61.4 Å². The highest BCUT2D eigenvalue weighted by molar-refractivity contribution is 7.91. The lowest BCUT2D eigenvalue weighted by Gasteiger charge is -2.29. The number of sulfone groups is 1. The van der Waals surface area contributed by atoms with Crippen molar-refractivity contribution < 1.29 is 13.2 Å². The standard InChI is InChI=1S/C20H24ClN3O3S/c21-17-7-3-15(4-8-17)12-23-20(25)24-18-9-5-16(6-10-18)14-28(26,27)19-2-1-11-22-13-19/h1-4,7-8,11,13,16,18H,5-6,9-10,12,14H2,(H2,23,24,25). The average Bonchev–Trinajstić information content (AvgIpc) is 2.69. The van der Waals surface area contributed by atoms with Crippen LogP contribution in [-0.2, 0) is 16.4 Å². The molecule has 0 spiro atoms. The van der Waals surface area contributed by atoms with Crippen LogP contribution in [0.4, 0.5) is 4.79 Å². The number of carbonyl (C=O) groups excluding carboxylic acids is 1. The summed E-state index contributed by atoms with van der Waals surface area (Å²) in [6, 6.07) is 10.4. The Morgan fingerprint density at radius 1 is 1.11 bits per heavy atom. The first-order valence-corrected chi connectivity index (χ1v) is 11.4. The predicted octanol–water partition coefficient (Wildman–Crippen LogP) is 3.57. The molecule has 6 nitrogen and oxygen atoms in total. The normalized spacial score (nSPS) is 19.8. The quantitative estimate of drug-likeness (QED) is 0.746. The molecule has 2 N–H and O–H groups in total. The van der Waals surface area contributed by atoms with Gasteiger partial charge >= 0.3 is 6.03 Å². The Morgan fingerprint density at radius 2 is 1.82 bits per heavy atom. The van der Waals surface area contributed by atoms with Crippen LogP contribution >= 0.6 is 11.6 Å². The predicted molar refractivity (Wildman–Crippen MR) is 109 cm³/mol. The van der Waals surface area contributed by atoms with Crippen LogP contribution in [0.15, 0.2) is 53.7 Å². The molecule has 1 aromatic heterocycles. The second-order valence-electron chi connectivity index (χ2n) is 7.14. The maximum absolute atomic E-state index is 12.5. The van der Waals surface area contributed by atoms with Crippen molar-refractivity contribution in [2.75, 3.05) is 5.75 Å². The van der Waals surface area contributed by atoms with Crippen molar-refractivity contribution >= 4 is 27.5 Å². The molecule has 0 bridgehead atoms. The summed E-state index contributed by atoms with van der Waals surface area (Å²) < 4.78 is 24.9. The first-order valence-electron chi connectivity index (χ1n) is 9.34. The fraction of sp³-hybridized carbons (Fsp3) is 0.400. The van der Waals surface area contributed by atoms with Crippen LogP contribution in [0.5, 0.6) is 0 Å². The van der Waals surface area contributed by atoms with E-state index in [9.17, 15) is 13.2 Å². The SMILES string of the molecule is O=C(NCc1ccc(Cl)cc1)NC1CCC(CS(=O)(=O)c2cccnc2)CC1. The fourth-order valence-electron chi connectivity index (χ4n) is 3.43. The summed E-state index contributed by atoms with van der Waals surface area (Å²) in [4.78, 5) is 16.3. The zero-order chi connectivity index (χ0) is 20.0. The van der Waals surface area contributed by atoms with Crippen molar-refractivity contribution in [3.05, 3.63) is 59.4 Å². The maximum Gasteiger partial charge on any atom is 0.315 e. The summed E-state index contributed by atoms with van der Waals surface area (Å²) in [7, 11) is -3.31. The Balaban J connectivity index is 1.41. The van der Waals surface area contributed by atoms with Crippen molar-refractivity contribution in [1.82, 2.24) is 15.6 Å². The van der Waals surface area contributed by atoms with Crippen molar-refractivity contribution in [3.63, 3.8) is 0 Å². The molecule has 1 aliphatic rings. The fourth-order valence-corrected chi connectivity index (χ4v) is 5.21. The molecule has 2 aromatic rings. The molecule has 1 aliphatic carbocycles. The lowest BCUT2D eigenvalue weighted by Crippen LogP contribution is -2.43. The Kier molecular flexibility index (Phi) is 6.91. The monoisotopic (exact) mass is 421 g/mol. The van der Waals surface area contributed by atoms with Crippen LogP contribution in [0, 0.1) is 5.92 Å². The van der Waals surface area contributed by atoms with Gasteiger partial charge in [-0.3, -0.25) is 4.98 Å². The molecule has 0 unspecified atom stereocenters. The molecule has 1 aromatic carbocycles. The minimum Gasteiger partial charge on any atom is -0.335 e. The summed E-state index contributed by atoms with van der Waals surface area (Å²) >= 11 is 5.85. The second kappa shape index (κ2) is 9.39. The van der Waals surface area contributed by atoms with E-state index in [1.54, 1.807) is 30.5 Å². The van der Waals surface area contributed by atoms with Gasteiger partial charge in [0.2, 0.25) is 0 Å². The Bertz CT molecular complexity index is 881. The topological polar surface area (TPSA) is 88.2 Å². The minimum atomic E-state index is -3.31. The van der Waals surface area contributed by atoms with Crippen molar-refractivity contribution in [3.8, 4) is 0 Å². The largest absolute Gasteiger partial charge is 0.335 e. The number of hydrogen-bond acceptors (Lipinski definition) is 4. The number of nitrogens with one attached hydrogen (secondary N) is 2. The van der Waals surface area contributed by atoms with Gasteiger partial charge in [0.05, 0.1) is 10.6 Å². The van der Waals surface area contributed by atoms with Crippen LogP contribution in [0.1, 0.15) is 31.2 Å². The molecule has 28 heavy (non-hydrogen) atoms. The van der Waals surface area contributed by atoms with Gasteiger partial charge in [-0.2, -0.15) is 0 Å². The molecule has 0 saturated heterocycles. The number of aromatic nitrogens is 1. The number of nitrogens with zero attached hydrogens (tertiary/aromatic N) is 1. The van der Waals surface area contributed by atoms with Crippen LogP contribution in [0.3, 0.4) is 0 Å². The summed E-state index contributed by atoms with van der Waals surface area (Å²) in [5.41, 5.74) is 0.976. The molecule has 1 heterocycles. The highest BCUT2D eigenvalue weighted by atomic mass is 35.5. The van der Waals surface area contributed by atoms with Crippen molar-refractivity contribution in [1.29, 1.82) is 0 Å². The van der Waals surface area contributed by atoms with E-state index in [0.717, 1.165) is 31.2 Å². The van der Waals surface area contributed by atoms with E-state index in [1.165, 1.54) is 6.20 Å². The third-order valence-corrected chi connectivity index (χ3v) is 7.12. The highest BCUT2D eigenvalue weighted by Gasteiger charge is 2.27. The number of hydrogen-bond donors (Lipinski definition) is 2. The summed E-state index contributed by atoms with van der Waals surface area (Å²) in [6.07, 6.45) is 6.08. The molecule has 8 heteroatoms. The number of amides is 2. The van der Waals surface area contributed by atoms with Gasteiger partial charge < -0.3 is 10.6 Å². The first kappa shape index (κ1) is 20.6. The van der Waals surface area contributed by atoms with Crippen LogP contribution in [-0.4, -0.2) is 31.2 Å². The van der Waals surface area contributed by atoms with Gasteiger partial charge in [0.25, 0.3) is 0 Å². The number of halogens is 1. The van der Waals surface area contributed by atoms with Crippen molar-refractivity contribution in [2.45, 2.75) is 43.2 Å². The average molecular weight is 422 g/mol. The molecular weight excluding hydrogens is 398 g/mol. The first-order chi connectivity index (χ1) is 13.4. The molecule has 0 atom stereocenters. The van der Waals surface area contributed by atoms with E-state index < -0.39 is 9.84 Å². The number of pyridine rings is 1. The zero-order valence-electron chi connectivity index (χ0n) is 15.5. The zero-order valence-corrected chi connectivity index (χ0v) is 17.0. The van der Waals surface area contributed by atoms with Gasteiger partial charge in [-0.25, -0.2) is 13.2 Å². The van der Waals surface area contributed by atoms with Gasteiger partial charge in [0.1, 0.15) is 0 Å². The number of carbonyl (C=O) groups is 1. The van der Waals surface area contributed by atoms with E-state index in [2.05, 4.69) is 15.6 Å². The highest BCUT2D eigenvalue weighted by Crippen LogP contribution is 2.27. The van der Waals surface area contributed by atoms with E-state index in [0.29, 0.717) is 11.6 Å². The Labute approximate surface area is 170 Å². The number of rotatable bonds is 6. The maximum atomic E-state index is 12.5. The third kappa shape index (κ3) is 5.94. The summed E-state index contributed by atoms with van der Waals surface area (Å²) in [5.74, 6) is 0.245.